The van der Waals surface area contributed by atoms with Crippen LogP contribution in [0, 0.1) is 5.41 Å². The molecule has 0 aromatic carbocycles. The lowest BCUT2D eigenvalue weighted by Gasteiger charge is -1.78. The highest BCUT2D eigenvalue weighted by atomic mass is 16.2. The van der Waals surface area contributed by atoms with Gasteiger partial charge in [-0.3, -0.25) is 10.1 Å². The van der Waals surface area contributed by atoms with Crippen LogP contribution in [0.1, 0.15) is 0 Å². The molecule has 3 amide bonds. The number of isocyanates is 1. The van der Waals surface area contributed by atoms with Crippen LogP contribution in [0.2, 0.25) is 0 Å². The van der Waals surface area contributed by atoms with Crippen LogP contribution in [0.5, 0.6) is 0 Å². The van der Waals surface area contributed by atoms with Crippen molar-refractivity contribution in [1.82, 2.24) is 10.6 Å². The van der Waals surface area contributed by atoms with Gasteiger partial charge in [0.2, 0.25) is 12.0 Å². The predicted molar refractivity (Wildman–Crippen MR) is 30.0 cm³/mol. The first-order valence-electron chi connectivity index (χ1n) is 2.32. The van der Waals surface area contributed by atoms with Gasteiger partial charge in [0.05, 0.1) is 6.54 Å². The lowest BCUT2D eigenvalue weighted by atomic mass is 10.7. The summed E-state index contributed by atoms with van der Waals surface area (Å²) < 4.78 is 0. The molecule has 1 rings (SSSR count). The van der Waals surface area contributed by atoms with Gasteiger partial charge in [-0.1, -0.05) is 0 Å². The van der Waals surface area contributed by atoms with E-state index in [0.717, 1.165) is 6.08 Å². The number of nitrogens with one attached hydrogen (secondary N) is 3. The molecule has 3 N–H and O–H groups in total. The van der Waals surface area contributed by atoms with Gasteiger partial charge in [-0.25, -0.2) is 15.0 Å². The van der Waals surface area contributed by atoms with E-state index in [0.29, 0.717) is 0 Å². The van der Waals surface area contributed by atoms with Gasteiger partial charge in [0.25, 0.3) is 0 Å². The summed E-state index contributed by atoms with van der Waals surface area (Å²) in [5, 5.41) is 9.70. The molecule has 0 aliphatic carbocycles. The fourth-order valence-corrected chi connectivity index (χ4v) is 0.376. The van der Waals surface area contributed by atoms with Crippen LogP contribution in [0.3, 0.4) is 0 Å². The zero-order valence-electron chi connectivity index (χ0n) is 4.93. The summed E-state index contributed by atoms with van der Waals surface area (Å²) in [6.45, 7) is 0.124. The summed E-state index contributed by atoms with van der Waals surface area (Å²) in [6.07, 6.45) is 0.750. The Kier molecular flexibility index (Phi) is 3.51. The maximum atomic E-state index is 10.1. The molecule has 6 nitrogen and oxygen atoms in total. The van der Waals surface area contributed by atoms with E-state index in [1.54, 1.807) is 0 Å². The van der Waals surface area contributed by atoms with Crippen molar-refractivity contribution in [3.05, 3.63) is 0 Å². The minimum Gasteiger partial charge on any atom is -0.329 e. The third-order valence-corrected chi connectivity index (χ3v) is 0.662. The Morgan fingerprint density at radius 1 is 1.50 bits per heavy atom. The fourth-order valence-electron chi connectivity index (χ4n) is 0.376. The van der Waals surface area contributed by atoms with Gasteiger partial charge in [0, 0.05) is 0 Å². The molecule has 6 heteroatoms. The van der Waals surface area contributed by atoms with Crippen LogP contribution < -0.4 is 10.6 Å². The molecule has 1 fully saturated rings. The lowest BCUT2D eigenvalue weighted by Crippen LogP contribution is -2.22. The second-order valence-electron chi connectivity index (χ2n) is 1.33. The monoisotopic (exact) mass is 143 g/mol. The van der Waals surface area contributed by atoms with E-state index in [2.05, 4.69) is 5.32 Å². The minimum absolute atomic E-state index is 0.124. The summed E-state index contributed by atoms with van der Waals surface area (Å²) >= 11 is 0. The molecule has 1 saturated heterocycles. The zero-order chi connectivity index (χ0) is 7.98. The molecule has 0 unspecified atom stereocenters. The SMILES string of the molecule is N=C=O.O=C1CNC(=O)N1. The van der Waals surface area contributed by atoms with E-state index in [1.165, 1.54) is 0 Å². The van der Waals surface area contributed by atoms with Crippen LogP contribution in [-0.2, 0) is 9.59 Å². The van der Waals surface area contributed by atoms with Gasteiger partial charge in [0.1, 0.15) is 0 Å². The van der Waals surface area contributed by atoms with E-state index >= 15 is 0 Å². The number of carbonyl (C=O) groups is 2. The lowest BCUT2D eigenvalue weighted by molar-refractivity contribution is -0.117. The van der Waals surface area contributed by atoms with Crippen LogP contribution in [0.15, 0.2) is 0 Å². The molecular formula is C4H5N3O3. The third kappa shape index (κ3) is 3.34. The van der Waals surface area contributed by atoms with Gasteiger partial charge < -0.3 is 5.32 Å². The molecule has 0 aromatic heterocycles. The third-order valence-electron chi connectivity index (χ3n) is 0.662. The van der Waals surface area contributed by atoms with Gasteiger partial charge in [-0.2, -0.15) is 0 Å². The molecule has 1 aliphatic rings. The van der Waals surface area contributed by atoms with Crippen molar-refractivity contribution in [2.75, 3.05) is 6.54 Å². The van der Waals surface area contributed by atoms with E-state index in [4.69, 9.17) is 10.2 Å². The van der Waals surface area contributed by atoms with E-state index < -0.39 is 6.03 Å². The topological polar surface area (TPSA) is 99.1 Å². The van der Waals surface area contributed by atoms with Crippen molar-refractivity contribution in [3.63, 3.8) is 0 Å². The van der Waals surface area contributed by atoms with Gasteiger partial charge >= 0.3 is 6.03 Å². The van der Waals surface area contributed by atoms with E-state index in [9.17, 15) is 9.59 Å². The maximum Gasteiger partial charge on any atom is 0.321 e. The number of urea groups is 1. The first kappa shape index (κ1) is 8.32. The number of rotatable bonds is 0. The maximum absolute atomic E-state index is 10.1. The molecule has 0 saturated carbocycles. The molecular weight excluding hydrogens is 138 g/mol. The Morgan fingerprint density at radius 3 is 2.10 bits per heavy atom. The van der Waals surface area contributed by atoms with Crippen LogP contribution in [-0.4, -0.2) is 24.6 Å². The second kappa shape index (κ2) is 4.22. The molecule has 1 heterocycles. The highest BCUT2D eigenvalue weighted by Gasteiger charge is 2.14. The van der Waals surface area contributed by atoms with Crippen molar-refractivity contribution >= 4 is 18.0 Å². The number of hydrogen-bond donors (Lipinski definition) is 3. The number of imide groups is 1. The number of hydrogen-bond acceptors (Lipinski definition) is 4. The Bertz CT molecular complexity index is 168. The average Bonchev–Trinajstić information content (AvgIpc) is 2.17. The Morgan fingerprint density at radius 2 is 2.00 bits per heavy atom. The molecule has 0 radical (unpaired) electrons. The van der Waals surface area contributed by atoms with Crippen LogP contribution in [0.4, 0.5) is 4.79 Å². The second-order valence-corrected chi connectivity index (χ2v) is 1.33. The standard InChI is InChI=1S/C3H4N2O2.CHNO/c6-2-1-4-3(7)5-2;2-1-3/h1H2,(H2,4,5,6,7);2H. The number of amides is 3. The average molecular weight is 143 g/mol. The fraction of sp³-hybridized carbons (Fsp3) is 0.250. The van der Waals surface area contributed by atoms with Gasteiger partial charge in [-0.05, 0) is 0 Å². The Labute approximate surface area is 56.1 Å². The highest BCUT2D eigenvalue weighted by Crippen LogP contribution is 1.73. The summed E-state index contributed by atoms with van der Waals surface area (Å²) in [7, 11) is 0. The summed E-state index contributed by atoms with van der Waals surface area (Å²) in [5.41, 5.74) is 0. The van der Waals surface area contributed by atoms with Crippen LogP contribution in [0.25, 0.3) is 0 Å². The molecule has 10 heavy (non-hydrogen) atoms. The first-order valence-corrected chi connectivity index (χ1v) is 2.32. The minimum atomic E-state index is -0.398. The first-order chi connectivity index (χ1) is 4.70. The quantitative estimate of drug-likeness (QED) is 0.224. The van der Waals surface area contributed by atoms with Crippen molar-refractivity contribution in [1.29, 1.82) is 5.41 Å². The van der Waals surface area contributed by atoms with Crippen molar-refractivity contribution in [3.8, 4) is 0 Å². The smallest absolute Gasteiger partial charge is 0.321 e. The van der Waals surface area contributed by atoms with Crippen molar-refractivity contribution in [2.24, 2.45) is 0 Å². The molecule has 1 aliphatic heterocycles. The van der Waals surface area contributed by atoms with Gasteiger partial charge in [0.15, 0.2) is 0 Å². The normalized spacial score (nSPS) is 14.0. The van der Waals surface area contributed by atoms with Crippen molar-refractivity contribution < 1.29 is 14.4 Å². The van der Waals surface area contributed by atoms with Gasteiger partial charge in [-0.15, -0.1) is 0 Å². The Balaban J connectivity index is 0.000000236. The molecule has 0 spiro atoms. The van der Waals surface area contributed by atoms with Crippen LogP contribution >= 0.6 is 0 Å². The molecule has 0 atom stereocenters. The van der Waals surface area contributed by atoms with E-state index in [-0.39, 0.29) is 12.5 Å². The van der Waals surface area contributed by atoms with Crippen molar-refractivity contribution in [2.45, 2.75) is 0 Å². The molecule has 54 valence electrons. The Hall–Kier alpha value is -1.68. The summed E-state index contributed by atoms with van der Waals surface area (Å²) in [5.74, 6) is -0.259. The highest BCUT2D eigenvalue weighted by molar-refractivity contribution is 6.01. The molecule has 0 bridgehead atoms. The predicted octanol–water partition coefficient (Wildman–Crippen LogP) is -1.27. The largest absolute Gasteiger partial charge is 0.329 e. The summed E-state index contributed by atoms with van der Waals surface area (Å²) in [6, 6.07) is -0.398. The molecule has 0 aromatic rings. The summed E-state index contributed by atoms with van der Waals surface area (Å²) in [4.78, 5) is 28.4. The number of carbonyl (C=O) groups excluding carboxylic acids is 3. The van der Waals surface area contributed by atoms with E-state index in [1.807, 2.05) is 5.32 Å². The zero-order valence-corrected chi connectivity index (χ0v) is 4.93.